The smallest absolute Gasteiger partial charge is 0.306 e. The average molecular weight is 278 g/mol. The van der Waals surface area contributed by atoms with Gasteiger partial charge in [0.1, 0.15) is 18.0 Å². The van der Waals surface area contributed by atoms with Crippen LogP contribution in [0.1, 0.15) is 26.7 Å². The van der Waals surface area contributed by atoms with Crippen LogP contribution < -0.4 is 9.80 Å². The average Bonchev–Trinajstić information content (AvgIpc) is 2.49. The van der Waals surface area contributed by atoms with Crippen LogP contribution in [0.5, 0.6) is 0 Å². The van der Waals surface area contributed by atoms with E-state index >= 15 is 0 Å². The fourth-order valence-electron chi connectivity index (χ4n) is 2.59. The van der Waals surface area contributed by atoms with Gasteiger partial charge in [-0.05, 0) is 26.7 Å². The molecule has 0 bridgehead atoms. The third-order valence-electron chi connectivity index (χ3n) is 3.89. The third-order valence-corrected chi connectivity index (χ3v) is 3.89. The first-order valence-corrected chi connectivity index (χ1v) is 7.20. The minimum Gasteiger partial charge on any atom is -0.481 e. The molecule has 0 atom stereocenters. The molecule has 0 unspecified atom stereocenters. The number of nitrogens with zero attached hydrogens (tertiary/aromatic N) is 4. The maximum Gasteiger partial charge on any atom is 0.306 e. The molecule has 0 aromatic carbocycles. The molecule has 6 nitrogen and oxygen atoms in total. The van der Waals surface area contributed by atoms with Crippen LogP contribution in [0.25, 0.3) is 0 Å². The molecule has 1 aromatic heterocycles. The molecule has 110 valence electrons. The van der Waals surface area contributed by atoms with Gasteiger partial charge in [-0.3, -0.25) is 4.79 Å². The number of carboxylic acid groups (broad SMARTS) is 1. The molecule has 0 radical (unpaired) electrons. The van der Waals surface area contributed by atoms with Crippen LogP contribution in [0.3, 0.4) is 0 Å². The summed E-state index contributed by atoms with van der Waals surface area (Å²) in [5.74, 6) is 0.928. The third kappa shape index (κ3) is 3.18. The summed E-state index contributed by atoms with van der Waals surface area (Å²) >= 11 is 0. The second kappa shape index (κ2) is 6.54. The van der Waals surface area contributed by atoms with Gasteiger partial charge >= 0.3 is 5.97 Å². The quantitative estimate of drug-likeness (QED) is 0.882. The second-order valence-electron chi connectivity index (χ2n) is 5.01. The lowest BCUT2D eigenvalue weighted by molar-refractivity contribution is -0.142. The van der Waals surface area contributed by atoms with Gasteiger partial charge in [0.2, 0.25) is 0 Å². The maximum atomic E-state index is 11.0. The van der Waals surface area contributed by atoms with Gasteiger partial charge in [0.05, 0.1) is 5.92 Å². The lowest BCUT2D eigenvalue weighted by Crippen LogP contribution is -2.37. The number of piperidine rings is 1. The van der Waals surface area contributed by atoms with Crippen molar-refractivity contribution in [3.05, 3.63) is 12.4 Å². The number of anilines is 2. The molecule has 0 aliphatic carbocycles. The van der Waals surface area contributed by atoms with E-state index in [2.05, 4.69) is 33.6 Å². The van der Waals surface area contributed by atoms with Crippen molar-refractivity contribution in [2.45, 2.75) is 26.7 Å². The molecule has 1 aliphatic rings. The predicted octanol–water partition coefficient (Wildman–Crippen LogP) is 1.62. The molecule has 6 heteroatoms. The van der Waals surface area contributed by atoms with Gasteiger partial charge in [-0.1, -0.05) is 0 Å². The maximum absolute atomic E-state index is 11.0. The van der Waals surface area contributed by atoms with Gasteiger partial charge in [0, 0.05) is 32.2 Å². The Morgan fingerprint density at radius 2 is 2.00 bits per heavy atom. The van der Waals surface area contributed by atoms with Crippen molar-refractivity contribution in [1.82, 2.24) is 9.97 Å². The van der Waals surface area contributed by atoms with E-state index in [0.29, 0.717) is 12.8 Å². The Morgan fingerprint density at radius 1 is 1.35 bits per heavy atom. The van der Waals surface area contributed by atoms with Gasteiger partial charge in [-0.15, -0.1) is 0 Å². The van der Waals surface area contributed by atoms with Gasteiger partial charge in [0.25, 0.3) is 0 Å². The highest BCUT2D eigenvalue weighted by Crippen LogP contribution is 2.23. The highest BCUT2D eigenvalue weighted by Gasteiger charge is 2.25. The molecule has 1 aliphatic heterocycles. The van der Waals surface area contributed by atoms with Crippen LogP contribution >= 0.6 is 0 Å². The molecule has 0 amide bonds. The van der Waals surface area contributed by atoms with E-state index in [4.69, 9.17) is 5.11 Å². The normalized spacial score (nSPS) is 16.2. The Morgan fingerprint density at radius 3 is 2.55 bits per heavy atom. The van der Waals surface area contributed by atoms with Crippen LogP contribution in [0.4, 0.5) is 11.6 Å². The summed E-state index contributed by atoms with van der Waals surface area (Å²) in [7, 11) is 0. The summed E-state index contributed by atoms with van der Waals surface area (Å²) in [6, 6.07) is 1.99. The van der Waals surface area contributed by atoms with Crippen molar-refractivity contribution in [3.63, 3.8) is 0 Å². The largest absolute Gasteiger partial charge is 0.481 e. The van der Waals surface area contributed by atoms with E-state index < -0.39 is 5.97 Å². The molecule has 2 heterocycles. The SMILES string of the molecule is CCN(CC)c1cc(N2CCC(C(=O)O)CC2)ncn1. The molecule has 0 spiro atoms. The lowest BCUT2D eigenvalue weighted by atomic mass is 9.97. The van der Waals surface area contributed by atoms with E-state index in [1.54, 1.807) is 6.33 Å². The molecule has 1 saturated heterocycles. The zero-order valence-electron chi connectivity index (χ0n) is 12.1. The van der Waals surface area contributed by atoms with Crippen molar-refractivity contribution >= 4 is 17.6 Å². The van der Waals surface area contributed by atoms with Crippen molar-refractivity contribution in [2.75, 3.05) is 36.0 Å². The summed E-state index contributed by atoms with van der Waals surface area (Å²) in [6.45, 7) is 7.51. The number of hydrogen-bond acceptors (Lipinski definition) is 5. The standard InChI is InChI=1S/C14H22N4O2/c1-3-17(4-2)12-9-13(16-10-15-12)18-7-5-11(6-8-18)14(19)20/h9-11H,3-8H2,1-2H3,(H,19,20). The van der Waals surface area contributed by atoms with E-state index in [1.807, 2.05) is 6.07 Å². The first kappa shape index (κ1) is 14.6. The van der Waals surface area contributed by atoms with Crippen molar-refractivity contribution in [2.24, 2.45) is 5.92 Å². The second-order valence-corrected chi connectivity index (χ2v) is 5.01. The van der Waals surface area contributed by atoms with E-state index in [0.717, 1.165) is 37.8 Å². The van der Waals surface area contributed by atoms with Crippen LogP contribution in [-0.4, -0.2) is 47.2 Å². The van der Waals surface area contributed by atoms with Crippen LogP contribution in [0.15, 0.2) is 12.4 Å². The number of carbonyl (C=O) groups is 1. The molecule has 1 N–H and O–H groups in total. The van der Waals surface area contributed by atoms with Crippen LogP contribution in [0, 0.1) is 5.92 Å². The molecule has 20 heavy (non-hydrogen) atoms. The molecular formula is C14H22N4O2. The number of aromatic nitrogens is 2. The Bertz CT molecular complexity index is 454. The fourth-order valence-corrected chi connectivity index (χ4v) is 2.59. The lowest BCUT2D eigenvalue weighted by Gasteiger charge is -2.31. The van der Waals surface area contributed by atoms with Crippen molar-refractivity contribution < 1.29 is 9.90 Å². The number of aliphatic carboxylic acids is 1. The fraction of sp³-hybridized carbons (Fsp3) is 0.643. The number of hydrogen-bond donors (Lipinski definition) is 1. The van der Waals surface area contributed by atoms with Gasteiger partial charge in [-0.25, -0.2) is 9.97 Å². The number of carboxylic acids is 1. The first-order valence-electron chi connectivity index (χ1n) is 7.20. The predicted molar refractivity (Wildman–Crippen MR) is 78.2 cm³/mol. The van der Waals surface area contributed by atoms with E-state index in [9.17, 15) is 4.79 Å². The summed E-state index contributed by atoms with van der Waals surface area (Å²) in [6.07, 6.45) is 2.95. The van der Waals surface area contributed by atoms with Crippen LogP contribution in [-0.2, 0) is 4.79 Å². The molecule has 1 aromatic rings. The van der Waals surface area contributed by atoms with Gasteiger partial charge < -0.3 is 14.9 Å². The Kier molecular flexibility index (Phi) is 4.76. The van der Waals surface area contributed by atoms with Crippen molar-refractivity contribution in [1.29, 1.82) is 0 Å². The monoisotopic (exact) mass is 278 g/mol. The zero-order valence-corrected chi connectivity index (χ0v) is 12.1. The number of rotatable bonds is 5. The van der Waals surface area contributed by atoms with Crippen molar-refractivity contribution in [3.8, 4) is 0 Å². The summed E-state index contributed by atoms with van der Waals surface area (Å²) in [5, 5.41) is 9.02. The topological polar surface area (TPSA) is 69.6 Å². The van der Waals surface area contributed by atoms with Gasteiger partial charge in [-0.2, -0.15) is 0 Å². The Labute approximate surface area is 119 Å². The Balaban J connectivity index is 2.07. The highest BCUT2D eigenvalue weighted by atomic mass is 16.4. The summed E-state index contributed by atoms with van der Waals surface area (Å²) in [4.78, 5) is 23.9. The minimum atomic E-state index is -0.684. The molecule has 1 fully saturated rings. The van der Waals surface area contributed by atoms with Gasteiger partial charge in [0.15, 0.2) is 0 Å². The summed E-state index contributed by atoms with van der Waals surface area (Å²) in [5.41, 5.74) is 0. The van der Waals surface area contributed by atoms with E-state index in [1.165, 1.54) is 0 Å². The zero-order chi connectivity index (χ0) is 14.5. The first-order chi connectivity index (χ1) is 9.65. The highest BCUT2D eigenvalue weighted by molar-refractivity contribution is 5.70. The summed E-state index contributed by atoms with van der Waals surface area (Å²) < 4.78 is 0. The molecular weight excluding hydrogens is 256 g/mol. The molecule has 2 rings (SSSR count). The van der Waals surface area contributed by atoms with Crippen LogP contribution in [0.2, 0.25) is 0 Å². The van der Waals surface area contributed by atoms with E-state index in [-0.39, 0.29) is 5.92 Å². The Hall–Kier alpha value is -1.85. The minimum absolute atomic E-state index is 0.213. The molecule has 0 saturated carbocycles.